The molecule has 1 spiro atoms. The lowest BCUT2D eigenvalue weighted by Crippen LogP contribution is -2.65. The van der Waals surface area contributed by atoms with Crippen molar-refractivity contribution in [1.82, 2.24) is 5.32 Å². The number of rotatable bonds is 4. The molecule has 3 aliphatic rings. The first-order chi connectivity index (χ1) is 8.85. The minimum atomic E-state index is 0.466. The van der Waals surface area contributed by atoms with Gasteiger partial charge < -0.3 is 14.8 Å². The summed E-state index contributed by atoms with van der Waals surface area (Å²) in [5, 5.41) is 3.87. The standard InChI is InChI=1S/C15H27NO2/c1-2-18-14-10-13(15(14)7-3-4-8-15)16-12-6-5-9-17-11-12/h12-14,16H,2-11H2,1H3. The Morgan fingerprint density at radius 3 is 2.78 bits per heavy atom. The van der Waals surface area contributed by atoms with E-state index in [1.165, 1.54) is 44.9 Å². The van der Waals surface area contributed by atoms with Gasteiger partial charge in [0.05, 0.1) is 12.7 Å². The van der Waals surface area contributed by atoms with Crippen LogP contribution in [0.25, 0.3) is 0 Å². The zero-order chi connectivity index (χ0) is 12.4. The molecule has 3 unspecified atom stereocenters. The highest BCUT2D eigenvalue weighted by Crippen LogP contribution is 2.54. The van der Waals surface area contributed by atoms with E-state index in [-0.39, 0.29) is 0 Å². The van der Waals surface area contributed by atoms with Crippen LogP contribution in [0.5, 0.6) is 0 Å². The lowest BCUT2D eigenvalue weighted by Gasteiger charge is -2.55. The minimum Gasteiger partial charge on any atom is -0.380 e. The summed E-state index contributed by atoms with van der Waals surface area (Å²) in [7, 11) is 0. The second kappa shape index (κ2) is 5.48. The van der Waals surface area contributed by atoms with Crippen LogP contribution in [0.4, 0.5) is 0 Å². The van der Waals surface area contributed by atoms with Gasteiger partial charge in [0, 0.05) is 30.7 Å². The predicted molar refractivity (Wildman–Crippen MR) is 71.7 cm³/mol. The van der Waals surface area contributed by atoms with Gasteiger partial charge in [-0.3, -0.25) is 0 Å². The lowest BCUT2D eigenvalue weighted by molar-refractivity contribution is -0.135. The van der Waals surface area contributed by atoms with E-state index in [1.54, 1.807) is 0 Å². The summed E-state index contributed by atoms with van der Waals surface area (Å²) >= 11 is 0. The molecule has 2 aliphatic carbocycles. The second-order valence-corrected chi connectivity index (χ2v) is 6.25. The van der Waals surface area contributed by atoms with Gasteiger partial charge in [0.25, 0.3) is 0 Å². The van der Waals surface area contributed by atoms with Crippen LogP contribution in [0, 0.1) is 5.41 Å². The molecule has 0 amide bonds. The molecule has 3 nitrogen and oxygen atoms in total. The van der Waals surface area contributed by atoms with E-state index >= 15 is 0 Å². The average Bonchev–Trinajstić information content (AvgIpc) is 2.91. The Morgan fingerprint density at radius 2 is 2.11 bits per heavy atom. The van der Waals surface area contributed by atoms with Crippen molar-refractivity contribution in [2.75, 3.05) is 19.8 Å². The van der Waals surface area contributed by atoms with Gasteiger partial charge in [-0.05, 0) is 39.0 Å². The molecule has 104 valence electrons. The largest absolute Gasteiger partial charge is 0.380 e. The minimum absolute atomic E-state index is 0.466. The highest BCUT2D eigenvalue weighted by atomic mass is 16.5. The fourth-order valence-electron chi connectivity index (χ4n) is 4.28. The van der Waals surface area contributed by atoms with Crippen molar-refractivity contribution in [3.63, 3.8) is 0 Å². The van der Waals surface area contributed by atoms with E-state index in [0.29, 0.717) is 23.6 Å². The maximum absolute atomic E-state index is 5.96. The number of nitrogens with one attached hydrogen (secondary N) is 1. The van der Waals surface area contributed by atoms with Crippen LogP contribution in [-0.2, 0) is 9.47 Å². The highest BCUT2D eigenvalue weighted by molar-refractivity contribution is 5.10. The van der Waals surface area contributed by atoms with Crippen LogP contribution in [0.3, 0.4) is 0 Å². The van der Waals surface area contributed by atoms with Crippen molar-refractivity contribution in [3.05, 3.63) is 0 Å². The van der Waals surface area contributed by atoms with E-state index in [9.17, 15) is 0 Å². The lowest BCUT2D eigenvalue weighted by atomic mass is 9.60. The molecule has 0 aromatic heterocycles. The SMILES string of the molecule is CCOC1CC(NC2CCCOC2)C12CCCC2. The van der Waals surface area contributed by atoms with Crippen molar-refractivity contribution in [2.45, 2.75) is 70.1 Å². The fourth-order valence-corrected chi connectivity index (χ4v) is 4.28. The Balaban J connectivity index is 1.59. The zero-order valence-corrected chi connectivity index (χ0v) is 11.6. The Morgan fingerprint density at radius 1 is 1.28 bits per heavy atom. The third kappa shape index (κ3) is 2.21. The Labute approximate surface area is 111 Å². The van der Waals surface area contributed by atoms with Gasteiger partial charge in [-0.2, -0.15) is 0 Å². The first-order valence-corrected chi connectivity index (χ1v) is 7.80. The maximum atomic E-state index is 5.96. The molecule has 3 heteroatoms. The van der Waals surface area contributed by atoms with Crippen LogP contribution in [-0.4, -0.2) is 38.0 Å². The first-order valence-electron chi connectivity index (χ1n) is 7.80. The normalized spacial score (nSPS) is 38.8. The van der Waals surface area contributed by atoms with Crippen LogP contribution in [0.15, 0.2) is 0 Å². The van der Waals surface area contributed by atoms with Gasteiger partial charge in [0.1, 0.15) is 0 Å². The molecule has 2 saturated carbocycles. The molecule has 0 bridgehead atoms. The van der Waals surface area contributed by atoms with Crippen molar-refractivity contribution < 1.29 is 9.47 Å². The first kappa shape index (κ1) is 12.9. The molecule has 18 heavy (non-hydrogen) atoms. The summed E-state index contributed by atoms with van der Waals surface area (Å²) in [4.78, 5) is 0. The summed E-state index contributed by atoms with van der Waals surface area (Å²) in [5.74, 6) is 0. The van der Waals surface area contributed by atoms with Crippen LogP contribution >= 0.6 is 0 Å². The van der Waals surface area contributed by atoms with Crippen molar-refractivity contribution in [3.8, 4) is 0 Å². The molecule has 0 aromatic carbocycles. The van der Waals surface area contributed by atoms with E-state index in [4.69, 9.17) is 9.47 Å². The van der Waals surface area contributed by atoms with Crippen LogP contribution < -0.4 is 5.32 Å². The molecule has 3 rings (SSSR count). The van der Waals surface area contributed by atoms with E-state index in [2.05, 4.69) is 12.2 Å². The molecule has 0 aromatic rings. The van der Waals surface area contributed by atoms with Gasteiger partial charge in [-0.15, -0.1) is 0 Å². The van der Waals surface area contributed by atoms with Crippen LogP contribution in [0.2, 0.25) is 0 Å². The average molecular weight is 253 g/mol. The summed E-state index contributed by atoms with van der Waals surface area (Å²) in [5.41, 5.74) is 0.466. The van der Waals surface area contributed by atoms with Gasteiger partial charge in [-0.1, -0.05) is 12.8 Å². The number of ether oxygens (including phenoxy) is 2. The third-order valence-electron chi connectivity index (χ3n) is 5.28. The summed E-state index contributed by atoms with van der Waals surface area (Å²) in [6.45, 7) is 4.85. The van der Waals surface area contributed by atoms with Crippen LogP contribution in [0.1, 0.15) is 51.9 Å². The van der Waals surface area contributed by atoms with E-state index in [0.717, 1.165) is 19.8 Å². The second-order valence-electron chi connectivity index (χ2n) is 6.25. The van der Waals surface area contributed by atoms with Crippen molar-refractivity contribution >= 4 is 0 Å². The quantitative estimate of drug-likeness (QED) is 0.835. The topological polar surface area (TPSA) is 30.5 Å². The molecular weight excluding hydrogens is 226 g/mol. The smallest absolute Gasteiger partial charge is 0.0661 e. The van der Waals surface area contributed by atoms with E-state index in [1.807, 2.05) is 0 Å². The monoisotopic (exact) mass is 253 g/mol. The summed E-state index contributed by atoms with van der Waals surface area (Å²) in [6.07, 6.45) is 9.74. The van der Waals surface area contributed by atoms with Gasteiger partial charge >= 0.3 is 0 Å². The van der Waals surface area contributed by atoms with E-state index < -0.39 is 0 Å². The number of hydrogen-bond acceptors (Lipinski definition) is 3. The van der Waals surface area contributed by atoms with Crippen molar-refractivity contribution in [1.29, 1.82) is 0 Å². The predicted octanol–water partition coefficient (Wildman–Crippen LogP) is 2.49. The zero-order valence-electron chi connectivity index (χ0n) is 11.6. The van der Waals surface area contributed by atoms with Gasteiger partial charge in [0.2, 0.25) is 0 Å². The molecule has 1 aliphatic heterocycles. The molecular formula is C15H27NO2. The molecule has 3 fully saturated rings. The molecule has 0 radical (unpaired) electrons. The van der Waals surface area contributed by atoms with Gasteiger partial charge in [0.15, 0.2) is 0 Å². The Bertz CT molecular complexity index is 270. The van der Waals surface area contributed by atoms with Crippen molar-refractivity contribution in [2.24, 2.45) is 5.41 Å². The highest BCUT2D eigenvalue weighted by Gasteiger charge is 2.56. The maximum Gasteiger partial charge on any atom is 0.0661 e. The third-order valence-corrected chi connectivity index (χ3v) is 5.28. The Hall–Kier alpha value is -0.120. The molecule has 1 saturated heterocycles. The molecule has 1 heterocycles. The summed E-state index contributed by atoms with van der Waals surface area (Å²) < 4.78 is 11.5. The van der Waals surface area contributed by atoms with Gasteiger partial charge in [-0.25, -0.2) is 0 Å². The Kier molecular flexibility index (Phi) is 3.92. The molecule has 3 atom stereocenters. The fraction of sp³-hybridized carbons (Fsp3) is 1.00. The molecule has 1 N–H and O–H groups in total. The summed E-state index contributed by atoms with van der Waals surface area (Å²) in [6, 6.07) is 1.27. The number of hydrogen-bond donors (Lipinski definition) is 1.